The lowest BCUT2D eigenvalue weighted by Gasteiger charge is -2.15. The molecule has 0 atom stereocenters. The molecule has 0 fully saturated rings. The number of carboxylic acids is 1. The molecule has 11 heteroatoms. The Balaban J connectivity index is 3.46. The van der Waals surface area contributed by atoms with Crippen LogP contribution in [0.4, 0.5) is 26.3 Å². The van der Waals surface area contributed by atoms with Gasteiger partial charge in [0.1, 0.15) is 5.75 Å². The summed E-state index contributed by atoms with van der Waals surface area (Å²) in [5.41, 5.74) is -2.96. The molecule has 1 rings (SSSR count). The van der Waals surface area contributed by atoms with Gasteiger partial charge in [0.15, 0.2) is 11.4 Å². The minimum atomic E-state index is -5.25. The predicted molar refractivity (Wildman–Crippen MR) is 55.6 cm³/mol. The molecule has 0 unspecified atom stereocenters. The van der Waals surface area contributed by atoms with E-state index in [1.54, 1.807) is 0 Å². The molecule has 1 heterocycles. The molecule has 0 spiro atoms. The average Bonchev–Trinajstić information content (AvgIpc) is 2.16. The molecule has 1 aromatic heterocycles. The van der Waals surface area contributed by atoms with E-state index in [0.717, 1.165) is 22.6 Å². The number of rotatable bonds is 2. The van der Waals surface area contributed by atoms with Crippen molar-refractivity contribution in [3.05, 3.63) is 21.0 Å². The van der Waals surface area contributed by atoms with Crippen LogP contribution in [-0.4, -0.2) is 22.4 Å². The van der Waals surface area contributed by atoms with E-state index in [4.69, 9.17) is 5.11 Å². The van der Waals surface area contributed by atoms with Crippen molar-refractivity contribution in [2.45, 2.75) is 12.5 Å². The number of halogens is 7. The summed E-state index contributed by atoms with van der Waals surface area (Å²) in [7, 11) is 0. The average molecular weight is 401 g/mol. The van der Waals surface area contributed by atoms with E-state index < -0.39 is 39.2 Å². The van der Waals surface area contributed by atoms with Gasteiger partial charge in [-0.1, -0.05) is 0 Å². The van der Waals surface area contributed by atoms with Gasteiger partial charge < -0.3 is 9.84 Å². The van der Waals surface area contributed by atoms with Gasteiger partial charge in [-0.25, -0.2) is 9.78 Å². The van der Waals surface area contributed by atoms with Crippen molar-refractivity contribution in [1.82, 2.24) is 4.98 Å². The molecular formula is C8H2F6INO3. The molecule has 0 aromatic carbocycles. The summed E-state index contributed by atoms with van der Waals surface area (Å²) in [5.74, 6) is -3.18. The first-order valence-electron chi connectivity index (χ1n) is 4.18. The second kappa shape index (κ2) is 5.02. The van der Waals surface area contributed by atoms with Crippen LogP contribution in [0.25, 0.3) is 0 Å². The Kier molecular flexibility index (Phi) is 4.17. The Morgan fingerprint density at radius 1 is 1.26 bits per heavy atom. The van der Waals surface area contributed by atoms with Crippen molar-refractivity contribution in [3.63, 3.8) is 0 Å². The molecule has 1 aromatic rings. The van der Waals surface area contributed by atoms with Crippen LogP contribution >= 0.6 is 22.6 Å². The lowest BCUT2D eigenvalue weighted by atomic mass is 10.2. The highest BCUT2D eigenvalue weighted by atomic mass is 127. The molecule has 0 aliphatic heterocycles. The Morgan fingerprint density at radius 3 is 2.16 bits per heavy atom. The Hall–Kier alpha value is -1.27. The van der Waals surface area contributed by atoms with Gasteiger partial charge >= 0.3 is 18.5 Å². The van der Waals surface area contributed by atoms with E-state index in [1.807, 2.05) is 0 Å². The highest BCUT2D eigenvalue weighted by Gasteiger charge is 2.40. The third kappa shape index (κ3) is 4.11. The van der Waals surface area contributed by atoms with Gasteiger partial charge in [0.05, 0.1) is 3.57 Å². The van der Waals surface area contributed by atoms with E-state index in [-0.39, 0.29) is 6.07 Å². The van der Waals surface area contributed by atoms with Crippen molar-refractivity contribution in [1.29, 1.82) is 0 Å². The zero-order valence-electron chi connectivity index (χ0n) is 8.43. The lowest BCUT2D eigenvalue weighted by Crippen LogP contribution is -2.21. The summed E-state index contributed by atoms with van der Waals surface area (Å²) in [6, 6.07) is 0.271. The smallest absolute Gasteiger partial charge is 0.477 e. The highest BCUT2D eigenvalue weighted by molar-refractivity contribution is 14.1. The van der Waals surface area contributed by atoms with Crippen LogP contribution in [0.3, 0.4) is 0 Å². The number of carbonyl (C=O) groups is 1. The zero-order valence-corrected chi connectivity index (χ0v) is 10.6. The Morgan fingerprint density at radius 2 is 1.79 bits per heavy atom. The number of nitrogens with zero attached hydrogens (tertiary/aromatic N) is 1. The number of carboxylic acid groups (broad SMARTS) is 1. The van der Waals surface area contributed by atoms with Gasteiger partial charge in [0.2, 0.25) is 0 Å². The zero-order chi connectivity index (χ0) is 15.0. The van der Waals surface area contributed by atoms with Crippen LogP contribution in [0.5, 0.6) is 5.75 Å². The number of alkyl halides is 6. The van der Waals surface area contributed by atoms with Gasteiger partial charge in [-0.05, 0) is 22.6 Å². The third-order valence-electron chi connectivity index (χ3n) is 1.64. The minimum absolute atomic E-state index is 0.271. The van der Waals surface area contributed by atoms with Crippen LogP contribution in [-0.2, 0) is 6.18 Å². The maximum Gasteiger partial charge on any atom is 0.573 e. The Labute approximate surface area is 114 Å². The minimum Gasteiger partial charge on any atom is -0.477 e. The summed E-state index contributed by atoms with van der Waals surface area (Å²) in [6.45, 7) is 0. The number of ether oxygens (including phenoxy) is 1. The molecule has 1 N–H and O–H groups in total. The van der Waals surface area contributed by atoms with Crippen molar-refractivity contribution < 1.29 is 41.0 Å². The molecule has 0 aliphatic rings. The molecule has 0 amide bonds. The van der Waals surface area contributed by atoms with Crippen LogP contribution in [0.1, 0.15) is 16.2 Å². The van der Waals surface area contributed by atoms with Crippen LogP contribution in [0.15, 0.2) is 6.07 Å². The van der Waals surface area contributed by atoms with Crippen LogP contribution in [0.2, 0.25) is 0 Å². The molecule has 0 saturated carbocycles. The van der Waals surface area contributed by atoms with Gasteiger partial charge in [-0.2, -0.15) is 13.2 Å². The van der Waals surface area contributed by atoms with E-state index in [1.165, 1.54) is 0 Å². The first kappa shape index (κ1) is 15.8. The number of hydrogen-bond acceptors (Lipinski definition) is 3. The molecule has 0 aliphatic carbocycles. The van der Waals surface area contributed by atoms with E-state index in [2.05, 4.69) is 9.72 Å². The van der Waals surface area contributed by atoms with Crippen molar-refractivity contribution in [2.75, 3.05) is 0 Å². The third-order valence-corrected chi connectivity index (χ3v) is 2.68. The van der Waals surface area contributed by atoms with Gasteiger partial charge in [0.25, 0.3) is 0 Å². The molecular weight excluding hydrogens is 399 g/mol. The second-order valence-corrected chi connectivity index (χ2v) is 4.10. The lowest BCUT2D eigenvalue weighted by molar-refractivity contribution is -0.275. The van der Waals surface area contributed by atoms with Gasteiger partial charge in [-0.3, -0.25) is 0 Å². The first-order chi connectivity index (χ1) is 8.42. The van der Waals surface area contributed by atoms with Gasteiger partial charge in [0, 0.05) is 6.07 Å². The predicted octanol–water partition coefficient (Wildman–Crippen LogP) is 3.30. The fourth-order valence-electron chi connectivity index (χ4n) is 1.00. The summed E-state index contributed by atoms with van der Waals surface area (Å²) < 4.78 is 75.9. The molecule has 106 valence electrons. The van der Waals surface area contributed by atoms with Crippen LogP contribution in [0, 0.1) is 3.57 Å². The summed E-state index contributed by atoms with van der Waals surface area (Å²) in [5, 5.41) is 8.52. The number of aromatic carboxylic acids is 1. The van der Waals surface area contributed by atoms with E-state index in [0.29, 0.717) is 0 Å². The number of pyridine rings is 1. The quantitative estimate of drug-likeness (QED) is 0.611. The molecule has 4 nitrogen and oxygen atoms in total. The highest BCUT2D eigenvalue weighted by Crippen LogP contribution is 2.37. The monoisotopic (exact) mass is 401 g/mol. The van der Waals surface area contributed by atoms with Crippen LogP contribution < -0.4 is 4.74 Å². The fourth-order valence-corrected chi connectivity index (χ4v) is 1.69. The van der Waals surface area contributed by atoms with Gasteiger partial charge in [-0.15, -0.1) is 13.2 Å². The van der Waals surface area contributed by atoms with Crippen molar-refractivity contribution in [2.24, 2.45) is 0 Å². The fraction of sp³-hybridized carbons (Fsp3) is 0.250. The molecule has 0 bridgehead atoms. The summed E-state index contributed by atoms with van der Waals surface area (Å²) in [6.07, 6.45) is -10.4. The van der Waals surface area contributed by atoms with E-state index in [9.17, 15) is 31.1 Å². The van der Waals surface area contributed by atoms with Crippen molar-refractivity contribution in [3.8, 4) is 5.75 Å². The SMILES string of the molecule is O=C(O)c1cc(OC(F)(F)F)c(I)c(C(F)(F)F)n1. The topological polar surface area (TPSA) is 59.4 Å². The maximum atomic E-state index is 12.5. The largest absolute Gasteiger partial charge is 0.573 e. The molecule has 0 saturated heterocycles. The standard InChI is InChI=1S/C8H2F6INO3/c9-7(10,11)5-4(15)3(19-8(12,13)14)1-2(16-5)6(17)18/h1H,(H,17,18). The Bertz CT molecular complexity index is 512. The number of aromatic nitrogens is 1. The summed E-state index contributed by atoms with van der Waals surface area (Å²) >= 11 is 0.946. The number of hydrogen-bond donors (Lipinski definition) is 1. The van der Waals surface area contributed by atoms with E-state index >= 15 is 0 Å². The normalized spacial score (nSPS) is 12.4. The first-order valence-corrected chi connectivity index (χ1v) is 5.26. The molecule has 0 radical (unpaired) electrons. The summed E-state index contributed by atoms with van der Waals surface area (Å²) in [4.78, 5) is 13.3. The molecule has 19 heavy (non-hydrogen) atoms. The maximum absolute atomic E-state index is 12.5. The second-order valence-electron chi connectivity index (χ2n) is 3.02. The van der Waals surface area contributed by atoms with Crippen molar-refractivity contribution >= 4 is 28.6 Å².